The average Bonchev–Trinajstić information content (AvgIpc) is 2.20. The Labute approximate surface area is 91.9 Å². The largest absolute Gasteiger partial charge is 0.341 e. The molecule has 1 aromatic carbocycles. The van der Waals surface area contributed by atoms with Crippen LogP contribution < -0.4 is 0 Å². The van der Waals surface area contributed by atoms with Crippen LogP contribution in [0.15, 0.2) is 24.3 Å². The number of nitrogens with zero attached hydrogens (tertiary/aromatic N) is 1. The highest BCUT2D eigenvalue weighted by Gasteiger charge is 2.13. The van der Waals surface area contributed by atoms with Crippen LogP contribution in [0.4, 0.5) is 0 Å². The van der Waals surface area contributed by atoms with E-state index in [1.54, 1.807) is 4.90 Å². The molecule has 1 rings (SSSR count). The van der Waals surface area contributed by atoms with Crippen LogP contribution in [0, 0.1) is 12.8 Å². The summed E-state index contributed by atoms with van der Waals surface area (Å²) in [5.41, 5.74) is 2.45. The molecule has 2 heteroatoms. The van der Waals surface area contributed by atoms with E-state index in [1.807, 2.05) is 33.0 Å². The molecule has 0 unspecified atom stereocenters. The molecule has 0 spiro atoms. The van der Waals surface area contributed by atoms with Gasteiger partial charge in [0.2, 0.25) is 5.91 Å². The second kappa shape index (κ2) is 4.96. The second-order valence-electron chi connectivity index (χ2n) is 4.28. The van der Waals surface area contributed by atoms with Crippen molar-refractivity contribution in [1.29, 1.82) is 0 Å². The van der Waals surface area contributed by atoms with Gasteiger partial charge in [0.1, 0.15) is 0 Å². The first kappa shape index (κ1) is 11.8. The maximum Gasteiger partial charge on any atom is 0.225 e. The van der Waals surface area contributed by atoms with E-state index in [2.05, 4.69) is 19.1 Å². The number of carbonyl (C=O) groups is 1. The van der Waals surface area contributed by atoms with Crippen molar-refractivity contribution in [2.75, 3.05) is 7.05 Å². The van der Waals surface area contributed by atoms with Gasteiger partial charge in [0.05, 0.1) is 0 Å². The van der Waals surface area contributed by atoms with E-state index in [-0.39, 0.29) is 11.8 Å². The Kier molecular flexibility index (Phi) is 3.89. The summed E-state index contributed by atoms with van der Waals surface area (Å²) in [5.74, 6) is 0.261. The van der Waals surface area contributed by atoms with Gasteiger partial charge in [-0.1, -0.05) is 38.1 Å². The van der Waals surface area contributed by atoms with Crippen molar-refractivity contribution in [3.63, 3.8) is 0 Å². The van der Waals surface area contributed by atoms with E-state index in [0.29, 0.717) is 6.54 Å². The molecule has 0 aromatic heterocycles. The molecule has 0 saturated carbocycles. The van der Waals surface area contributed by atoms with E-state index in [0.717, 1.165) is 0 Å². The predicted octanol–water partition coefficient (Wildman–Crippen LogP) is 2.61. The van der Waals surface area contributed by atoms with Gasteiger partial charge in [-0.3, -0.25) is 4.79 Å². The maximum atomic E-state index is 11.7. The zero-order valence-electron chi connectivity index (χ0n) is 9.95. The van der Waals surface area contributed by atoms with Gasteiger partial charge in [0, 0.05) is 19.5 Å². The molecule has 0 atom stereocenters. The van der Waals surface area contributed by atoms with Gasteiger partial charge in [-0.25, -0.2) is 0 Å². The first-order chi connectivity index (χ1) is 7.02. The molecule has 0 heterocycles. The summed E-state index contributed by atoms with van der Waals surface area (Å²) in [7, 11) is 1.86. The second-order valence-corrected chi connectivity index (χ2v) is 4.28. The van der Waals surface area contributed by atoms with Crippen molar-refractivity contribution in [2.45, 2.75) is 27.3 Å². The number of rotatable bonds is 3. The van der Waals surface area contributed by atoms with Crippen LogP contribution in [-0.2, 0) is 11.3 Å². The number of aryl methyl sites for hydroxylation is 1. The van der Waals surface area contributed by atoms with Gasteiger partial charge in [0.15, 0.2) is 0 Å². The lowest BCUT2D eigenvalue weighted by Gasteiger charge is -2.20. The SMILES string of the molecule is Cc1ccccc1CN(C)C(=O)C(C)C. The normalized spacial score (nSPS) is 10.5. The molecule has 0 saturated heterocycles. The molecule has 0 bridgehead atoms. The van der Waals surface area contributed by atoms with Gasteiger partial charge in [-0.05, 0) is 18.1 Å². The van der Waals surface area contributed by atoms with E-state index in [1.165, 1.54) is 11.1 Å². The Hall–Kier alpha value is -1.31. The van der Waals surface area contributed by atoms with Gasteiger partial charge in [0.25, 0.3) is 0 Å². The third kappa shape index (κ3) is 3.08. The molecule has 0 aliphatic carbocycles. The molecule has 0 aliphatic rings. The lowest BCUT2D eigenvalue weighted by molar-refractivity contribution is -0.133. The number of carbonyl (C=O) groups excluding carboxylic acids is 1. The van der Waals surface area contributed by atoms with Crippen molar-refractivity contribution in [3.8, 4) is 0 Å². The Morgan fingerprint density at radius 2 is 1.93 bits per heavy atom. The molecule has 0 fully saturated rings. The van der Waals surface area contributed by atoms with Crippen LogP contribution in [0.5, 0.6) is 0 Å². The molecular formula is C13H19NO. The first-order valence-electron chi connectivity index (χ1n) is 5.32. The standard InChI is InChI=1S/C13H19NO/c1-10(2)13(15)14(4)9-12-8-6-5-7-11(12)3/h5-8,10H,9H2,1-4H3. The van der Waals surface area contributed by atoms with E-state index in [9.17, 15) is 4.79 Å². The van der Waals surface area contributed by atoms with E-state index >= 15 is 0 Å². The van der Waals surface area contributed by atoms with Gasteiger partial charge in [-0.15, -0.1) is 0 Å². The Balaban J connectivity index is 2.71. The molecule has 0 N–H and O–H groups in total. The summed E-state index contributed by atoms with van der Waals surface area (Å²) in [6.45, 7) is 6.63. The molecule has 2 nitrogen and oxygen atoms in total. The highest BCUT2D eigenvalue weighted by molar-refractivity contribution is 5.77. The highest BCUT2D eigenvalue weighted by atomic mass is 16.2. The summed E-state index contributed by atoms with van der Waals surface area (Å²) in [5, 5.41) is 0. The minimum absolute atomic E-state index is 0.0685. The highest BCUT2D eigenvalue weighted by Crippen LogP contribution is 2.11. The lowest BCUT2D eigenvalue weighted by atomic mass is 10.1. The summed E-state index contributed by atoms with van der Waals surface area (Å²) in [6, 6.07) is 8.17. The predicted molar refractivity (Wildman–Crippen MR) is 62.5 cm³/mol. The van der Waals surface area contributed by atoms with Gasteiger partial charge in [-0.2, -0.15) is 0 Å². The molecule has 15 heavy (non-hydrogen) atoms. The van der Waals surface area contributed by atoms with Crippen LogP contribution in [-0.4, -0.2) is 17.9 Å². The fraction of sp³-hybridized carbons (Fsp3) is 0.462. The van der Waals surface area contributed by atoms with Crippen LogP contribution in [0.1, 0.15) is 25.0 Å². The number of benzene rings is 1. The summed E-state index contributed by atoms with van der Waals surface area (Å²) < 4.78 is 0. The lowest BCUT2D eigenvalue weighted by Crippen LogP contribution is -2.30. The van der Waals surface area contributed by atoms with Gasteiger partial charge >= 0.3 is 0 Å². The monoisotopic (exact) mass is 205 g/mol. The molecule has 1 amide bonds. The summed E-state index contributed by atoms with van der Waals surface area (Å²) in [6.07, 6.45) is 0. The molecular weight excluding hydrogens is 186 g/mol. The molecule has 82 valence electrons. The van der Waals surface area contributed by atoms with E-state index < -0.39 is 0 Å². The summed E-state index contributed by atoms with van der Waals surface area (Å²) in [4.78, 5) is 13.5. The van der Waals surface area contributed by atoms with Crippen molar-refractivity contribution in [1.82, 2.24) is 4.90 Å². The van der Waals surface area contributed by atoms with Crippen LogP contribution in [0.25, 0.3) is 0 Å². The Morgan fingerprint density at radius 3 is 2.47 bits per heavy atom. The van der Waals surface area contributed by atoms with Crippen LogP contribution in [0.2, 0.25) is 0 Å². The minimum atomic E-state index is 0.0685. The molecule has 0 aliphatic heterocycles. The molecule has 0 radical (unpaired) electrons. The first-order valence-corrected chi connectivity index (χ1v) is 5.32. The van der Waals surface area contributed by atoms with Crippen LogP contribution >= 0.6 is 0 Å². The van der Waals surface area contributed by atoms with Crippen molar-refractivity contribution >= 4 is 5.91 Å². The van der Waals surface area contributed by atoms with Crippen molar-refractivity contribution < 1.29 is 4.79 Å². The number of hydrogen-bond acceptors (Lipinski definition) is 1. The average molecular weight is 205 g/mol. The smallest absolute Gasteiger partial charge is 0.225 e. The number of hydrogen-bond donors (Lipinski definition) is 0. The third-order valence-corrected chi connectivity index (χ3v) is 2.54. The number of amides is 1. The van der Waals surface area contributed by atoms with Gasteiger partial charge < -0.3 is 4.90 Å². The van der Waals surface area contributed by atoms with Crippen molar-refractivity contribution in [2.24, 2.45) is 5.92 Å². The fourth-order valence-electron chi connectivity index (χ4n) is 1.56. The zero-order chi connectivity index (χ0) is 11.4. The maximum absolute atomic E-state index is 11.7. The minimum Gasteiger partial charge on any atom is -0.341 e. The zero-order valence-corrected chi connectivity index (χ0v) is 9.95. The topological polar surface area (TPSA) is 20.3 Å². The van der Waals surface area contributed by atoms with Crippen molar-refractivity contribution in [3.05, 3.63) is 35.4 Å². The Morgan fingerprint density at radius 1 is 1.33 bits per heavy atom. The fourth-order valence-corrected chi connectivity index (χ4v) is 1.56. The quantitative estimate of drug-likeness (QED) is 0.742. The van der Waals surface area contributed by atoms with E-state index in [4.69, 9.17) is 0 Å². The van der Waals surface area contributed by atoms with Crippen LogP contribution in [0.3, 0.4) is 0 Å². The Bertz CT molecular complexity index is 344. The third-order valence-electron chi connectivity index (χ3n) is 2.54. The molecule has 1 aromatic rings. The summed E-state index contributed by atoms with van der Waals surface area (Å²) >= 11 is 0.